The van der Waals surface area contributed by atoms with E-state index in [1.807, 2.05) is 30.3 Å². The van der Waals surface area contributed by atoms with Crippen LogP contribution in [0.4, 0.5) is 5.69 Å². The highest BCUT2D eigenvalue weighted by Crippen LogP contribution is 2.35. The van der Waals surface area contributed by atoms with E-state index in [-0.39, 0.29) is 23.6 Å². The topological polar surface area (TPSA) is 99.6 Å². The van der Waals surface area contributed by atoms with Crippen molar-refractivity contribution in [2.24, 2.45) is 5.10 Å². The molecule has 0 aliphatic heterocycles. The quantitative estimate of drug-likeness (QED) is 0.106. The predicted molar refractivity (Wildman–Crippen MR) is 156 cm³/mol. The van der Waals surface area contributed by atoms with Crippen LogP contribution < -0.4 is 10.3 Å². The van der Waals surface area contributed by atoms with Crippen LogP contribution in [0.3, 0.4) is 0 Å². The van der Waals surface area contributed by atoms with Crippen LogP contribution in [0.1, 0.15) is 11.1 Å². The second kappa shape index (κ2) is 11.4. The van der Waals surface area contributed by atoms with Crippen LogP contribution >= 0.6 is 39.1 Å². The summed E-state index contributed by atoms with van der Waals surface area (Å²) in [5.74, 6) is 0.291. The van der Waals surface area contributed by atoms with E-state index in [0.29, 0.717) is 42.4 Å². The second-order valence-corrected chi connectivity index (χ2v) is 10.0. The molecule has 1 aromatic heterocycles. The maximum atomic E-state index is 13.5. The highest BCUT2D eigenvalue weighted by molar-refractivity contribution is 9.10. The first-order chi connectivity index (χ1) is 18.8. The Morgan fingerprint density at radius 3 is 2.49 bits per heavy atom. The fourth-order valence-corrected chi connectivity index (χ4v) is 4.68. The van der Waals surface area contributed by atoms with Crippen molar-refractivity contribution in [3.05, 3.63) is 131 Å². The summed E-state index contributed by atoms with van der Waals surface area (Å²) >= 11 is 15.4. The van der Waals surface area contributed by atoms with Gasteiger partial charge in [0.1, 0.15) is 6.61 Å². The van der Waals surface area contributed by atoms with Crippen LogP contribution in [0.2, 0.25) is 10.0 Å². The highest BCUT2D eigenvalue weighted by atomic mass is 79.9. The fraction of sp³-hybridized carbons (Fsp3) is 0.0357. The van der Waals surface area contributed by atoms with Gasteiger partial charge in [0.25, 0.3) is 5.56 Å². The number of fused-ring (bicyclic) bond motifs is 1. The minimum Gasteiger partial charge on any atom is -0.481 e. The number of para-hydroxylation sites is 1. The van der Waals surface area contributed by atoms with Crippen LogP contribution in [0.15, 0.2) is 99.3 Å². The van der Waals surface area contributed by atoms with Crippen molar-refractivity contribution in [2.45, 2.75) is 6.61 Å². The van der Waals surface area contributed by atoms with E-state index in [1.165, 1.54) is 17.0 Å². The number of nitro benzene ring substituents is 1. The zero-order valence-electron chi connectivity index (χ0n) is 19.9. The Labute approximate surface area is 240 Å². The minimum atomic E-state index is -0.550. The highest BCUT2D eigenvalue weighted by Gasteiger charge is 2.21. The third-order valence-corrected chi connectivity index (χ3v) is 6.92. The third-order valence-electron chi connectivity index (χ3n) is 5.72. The number of nitrogens with zero attached hydrogens (tertiary/aromatic N) is 4. The SMILES string of the molecule is O=c1c2ccccc2nc(-c2ccccc2)n1N=Cc1cc(Br)cc([N+](=O)[O-])c1OCc1ccc(Cl)c(Cl)c1. The molecule has 0 N–H and O–H groups in total. The normalized spacial score (nSPS) is 11.3. The lowest BCUT2D eigenvalue weighted by Gasteiger charge is -2.12. The molecule has 0 saturated heterocycles. The predicted octanol–water partition coefficient (Wildman–Crippen LogP) is 7.50. The number of ether oxygens (including phenoxy) is 1. The van der Waals surface area contributed by atoms with Gasteiger partial charge in [-0.05, 0) is 35.9 Å². The second-order valence-electron chi connectivity index (χ2n) is 8.32. The molecule has 194 valence electrons. The van der Waals surface area contributed by atoms with Gasteiger partial charge in [0.2, 0.25) is 5.75 Å². The molecule has 0 aliphatic rings. The standard InChI is InChI=1S/C28H17BrCl2N4O4/c29-20-13-19(26(25(14-20)35(37)38)39-16-17-10-11-22(30)23(31)12-17)15-32-34-27(18-6-2-1-3-7-18)33-24-9-5-4-8-21(24)28(34)36/h1-15H,16H2. The Bertz CT molecular complexity index is 1810. The number of hydrogen-bond donors (Lipinski definition) is 0. The molecule has 0 aliphatic carbocycles. The number of nitro groups is 1. The van der Waals surface area contributed by atoms with Gasteiger partial charge in [-0.25, -0.2) is 4.98 Å². The Hall–Kier alpha value is -4.05. The van der Waals surface area contributed by atoms with E-state index in [4.69, 9.17) is 27.9 Å². The van der Waals surface area contributed by atoms with Crippen molar-refractivity contribution in [2.75, 3.05) is 0 Å². The molecule has 0 bridgehead atoms. The van der Waals surface area contributed by atoms with Crippen molar-refractivity contribution < 1.29 is 9.66 Å². The van der Waals surface area contributed by atoms with Gasteiger partial charge in [0.15, 0.2) is 5.82 Å². The molecule has 4 aromatic carbocycles. The Balaban J connectivity index is 1.63. The summed E-state index contributed by atoms with van der Waals surface area (Å²) in [7, 11) is 0. The van der Waals surface area contributed by atoms with Crippen molar-refractivity contribution in [1.29, 1.82) is 0 Å². The smallest absolute Gasteiger partial charge is 0.312 e. The van der Waals surface area contributed by atoms with E-state index < -0.39 is 10.5 Å². The lowest BCUT2D eigenvalue weighted by molar-refractivity contribution is -0.386. The molecule has 8 nitrogen and oxygen atoms in total. The summed E-state index contributed by atoms with van der Waals surface area (Å²) in [6.07, 6.45) is 1.34. The lowest BCUT2D eigenvalue weighted by atomic mass is 10.1. The molecule has 0 fully saturated rings. The van der Waals surface area contributed by atoms with Crippen molar-refractivity contribution in [3.63, 3.8) is 0 Å². The maximum Gasteiger partial charge on any atom is 0.312 e. The van der Waals surface area contributed by atoms with Crippen LogP contribution in [0.25, 0.3) is 22.3 Å². The number of aromatic nitrogens is 2. The lowest BCUT2D eigenvalue weighted by Crippen LogP contribution is -2.20. The van der Waals surface area contributed by atoms with E-state index in [9.17, 15) is 14.9 Å². The molecule has 5 rings (SSSR count). The summed E-state index contributed by atoms with van der Waals surface area (Å²) in [5.41, 5.74) is 1.46. The van der Waals surface area contributed by atoms with Gasteiger partial charge in [-0.2, -0.15) is 9.78 Å². The van der Waals surface area contributed by atoms with E-state index >= 15 is 0 Å². The van der Waals surface area contributed by atoms with Gasteiger partial charge in [-0.1, -0.05) is 87.7 Å². The fourth-order valence-electron chi connectivity index (χ4n) is 3.90. The molecular weight excluding hydrogens is 607 g/mol. The van der Waals surface area contributed by atoms with Gasteiger partial charge in [0, 0.05) is 21.7 Å². The third kappa shape index (κ3) is 5.70. The molecule has 0 amide bonds. The van der Waals surface area contributed by atoms with Crippen LogP contribution in [-0.2, 0) is 6.61 Å². The van der Waals surface area contributed by atoms with Crippen molar-refractivity contribution in [3.8, 4) is 17.1 Å². The van der Waals surface area contributed by atoms with E-state index in [0.717, 1.165) is 0 Å². The van der Waals surface area contributed by atoms with Gasteiger partial charge >= 0.3 is 5.69 Å². The van der Waals surface area contributed by atoms with Gasteiger partial charge in [0.05, 0.1) is 32.1 Å². The Morgan fingerprint density at radius 1 is 1.00 bits per heavy atom. The van der Waals surface area contributed by atoms with E-state index in [1.54, 1.807) is 48.5 Å². The van der Waals surface area contributed by atoms with Crippen molar-refractivity contribution in [1.82, 2.24) is 9.66 Å². The summed E-state index contributed by atoms with van der Waals surface area (Å²) in [6.45, 7) is -0.0209. The monoisotopic (exact) mass is 622 g/mol. The number of benzene rings is 4. The summed E-state index contributed by atoms with van der Waals surface area (Å²) < 4.78 is 7.52. The van der Waals surface area contributed by atoms with Crippen LogP contribution in [0.5, 0.6) is 5.75 Å². The Morgan fingerprint density at radius 2 is 1.74 bits per heavy atom. The Kier molecular flexibility index (Phi) is 7.74. The van der Waals surface area contributed by atoms with Crippen LogP contribution in [0, 0.1) is 10.1 Å². The molecule has 0 atom stereocenters. The molecule has 0 saturated carbocycles. The molecule has 0 unspecified atom stereocenters. The molecular formula is C28H17BrCl2N4O4. The first kappa shape index (κ1) is 26.6. The summed E-state index contributed by atoms with van der Waals surface area (Å²) in [6, 6.07) is 24.0. The summed E-state index contributed by atoms with van der Waals surface area (Å²) in [4.78, 5) is 29.5. The average molecular weight is 624 g/mol. The summed E-state index contributed by atoms with van der Waals surface area (Å²) in [5, 5.41) is 17.4. The largest absolute Gasteiger partial charge is 0.481 e. The molecule has 39 heavy (non-hydrogen) atoms. The van der Waals surface area contributed by atoms with Gasteiger partial charge in [-0.15, -0.1) is 0 Å². The van der Waals surface area contributed by atoms with Gasteiger partial charge < -0.3 is 4.74 Å². The van der Waals surface area contributed by atoms with Gasteiger partial charge in [-0.3, -0.25) is 14.9 Å². The number of rotatable bonds is 7. The zero-order chi connectivity index (χ0) is 27.5. The number of hydrogen-bond acceptors (Lipinski definition) is 6. The molecule has 0 radical (unpaired) electrons. The maximum absolute atomic E-state index is 13.5. The van der Waals surface area contributed by atoms with Crippen LogP contribution in [-0.4, -0.2) is 20.8 Å². The number of halogens is 3. The molecule has 5 aromatic rings. The average Bonchev–Trinajstić information content (AvgIpc) is 2.93. The first-order valence-electron chi connectivity index (χ1n) is 11.5. The minimum absolute atomic E-state index is 0.0209. The molecule has 11 heteroatoms. The van der Waals surface area contributed by atoms with Crippen molar-refractivity contribution >= 4 is 61.9 Å². The first-order valence-corrected chi connectivity index (χ1v) is 13.0. The molecule has 0 spiro atoms. The zero-order valence-corrected chi connectivity index (χ0v) is 23.0. The van der Waals surface area contributed by atoms with E-state index in [2.05, 4.69) is 26.0 Å². The molecule has 1 heterocycles.